The Balaban J connectivity index is 2.20. The van der Waals surface area contributed by atoms with Crippen LogP contribution in [0.2, 0.25) is 0 Å². The van der Waals surface area contributed by atoms with E-state index in [2.05, 4.69) is 15.3 Å². The smallest absolute Gasteiger partial charge is 0.306 e. The highest BCUT2D eigenvalue weighted by molar-refractivity contribution is 5.75. The third-order valence-corrected chi connectivity index (χ3v) is 2.50. The zero-order valence-electron chi connectivity index (χ0n) is 11.2. The molecule has 0 saturated heterocycles. The molecule has 8 heteroatoms. The summed E-state index contributed by atoms with van der Waals surface area (Å²) < 4.78 is 1.40. The molecule has 8 nitrogen and oxygen atoms in total. The first-order chi connectivity index (χ1) is 8.99. The minimum atomic E-state index is -0.509. The van der Waals surface area contributed by atoms with E-state index in [1.165, 1.54) is 17.1 Å². The fourth-order valence-electron chi connectivity index (χ4n) is 1.50. The summed E-state index contributed by atoms with van der Waals surface area (Å²) >= 11 is 0. The molecule has 1 aromatic rings. The zero-order chi connectivity index (χ0) is 14.3. The van der Waals surface area contributed by atoms with E-state index in [0.29, 0.717) is 13.1 Å². The van der Waals surface area contributed by atoms with Gasteiger partial charge in [-0.2, -0.15) is 5.10 Å². The topological polar surface area (TPSA) is 93.3 Å². The fourth-order valence-corrected chi connectivity index (χ4v) is 1.50. The first-order valence-electron chi connectivity index (χ1n) is 6.07. The number of rotatable bonds is 8. The van der Waals surface area contributed by atoms with Gasteiger partial charge in [0.1, 0.15) is 12.4 Å². The predicted octanol–water partition coefficient (Wildman–Crippen LogP) is 0.249. The number of hydrogen-bond acceptors (Lipinski definition) is 5. The average Bonchev–Trinajstić information content (AvgIpc) is 2.81. The van der Waals surface area contributed by atoms with Gasteiger partial charge in [0.2, 0.25) is 5.91 Å². The number of aryl methyl sites for hydroxylation is 1. The highest BCUT2D eigenvalue weighted by atomic mass is 16.6. The third-order valence-electron chi connectivity index (χ3n) is 2.50. The van der Waals surface area contributed by atoms with Crippen molar-refractivity contribution in [2.45, 2.75) is 19.4 Å². The maximum absolute atomic E-state index is 11.5. The van der Waals surface area contributed by atoms with Gasteiger partial charge in [0.25, 0.3) is 0 Å². The van der Waals surface area contributed by atoms with E-state index in [9.17, 15) is 14.9 Å². The maximum Gasteiger partial charge on any atom is 0.306 e. The SMILES string of the molecule is CN(C)CCCNC(=O)CCn1cc([N+](=O)[O-])cn1. The zero-order valence-corrected chi connectivity index (χ0v) is 11.2. The third kappa shape index (κ3) is 5.96. The van der Waals surface area contributed by atoms with Crippen LogP contribution in [-0.4, -0.2) is 52.7 Å². The molecule has 1 heterocycles. The minimum Gasteiger partial charge on any atom is -0.356 e. The number of hydrogen-bond donors (Lipinski definition) is 1. The van der Waals surface area contributed by atoms with Crippen LogP contribution < -0.4 is 5.32 Å². The molecule has 0 atom stereocenters. The minimum absolute atomic E-state index is 0.0635. The van der Waals surface area contributed by atoms with Crippen molar-refractivity contribution in [2.75, 3.05) is 27.2 Å². The molecule has 1 amide bonds. The van der Waals surface area contributed by atoms with Gasteiger partial charge in [-0.15, -0.1) is 0 Å². The number of nitrogens with one attached hydrogen (secondary N) is 1. The van der Waals surface area contributed by atoms with Crippen LogP contribution >= 0.6 is 0 Å². The number of nitro groups is 1. The molecule has 1 aromatic heterocycles. The van der Waals surface area contributed by atoms with Crippen LogP contribution in [0.25, 0.3) is 0 Å². The lowest BCUT2D eigenvalue weighted by Gasteiger charge is -2.09. The first-order valence-corrected chi connectivity index (χ1v) is 6.07. The highest BCUT2D eigenvalue weighted by Gasteiger charge is 2.09. The van der Waals surface area contributed by atoms with Crippen LogP contribution in [0.5, 0.6) is 0 Å². The van der Waals surface area contributed by atoms with Crippen LogP contribution in [0.1, 0.15) is 12.8 Å². The van der Waals surface area contributed by atoms with Crippen LogP contribution in [0, 0.1) is 10.1 Å². The lowest BCUT2D eigenvalue weighted by molar-refractivity contribution is -0.385. The largest absolute Gasteiger partial charge is 0.356 e. The van der Waals surface area contributed by atoms with Crippen molar-refractivity contribution in [3.63, 3.8) is 0 Å². The summed E-state index contributed by atoms with van der Waals surface area (Å²) in [6, 6.07) is 0. The summed E-state index contributed by atoms with van der Waals surface area (Å²) in [6.45, 7) is 1.90. The Kier molecular flexibility index (Phi) is 5.94. The molecule has 0 fully saturated rings. The van der Waals surface area contributed by atoms with Crippen molar-refractivity contribution in [1.82, 2.24) is 20.0 Å². The second kappa shape index (κ2) is 7.47. The molecule has 0 bridgehead atoms. The van der Waals surface area contributed by atoms with Gasteiger partial charge in [0, 0.05) is 19.5 Å². The lowest BCUT2D eigenvalue weighted by atomic mass is 10.3. The molecule has 0 saturated carbocycles. The second-order valence-corrected chi connectivity index (χ2v) is 4.48. The number of carbonyl (C=O) groups is 1. The van der Waals surface area contributed by atoms with E-state index in [0.717, 1.165) is 13.0 Å². The Morgan fingerprint density at radius 3 is 2.89 bits per heavy atom. The average molecular weight is 269 g/mol. The Bertz CT molecular complexity index is 430. The normalized spacial score (nSPS) is 10.7. The molecule has 0 unspecified atom stereocenters. The maximum atomic E-state index is 11.5. The summed E-state index contributed by atoms with van der Waals surface area (Å²) in [6.07, 6.45) is 3.65. The van der Waals surface area contributed by atoms with Gasteiger partial charge >= 0.3 is 5.69 Å². The number of aromatic nitrogens is 2. The standard InChI is InChI=1S/C11H19N5O3/c1-14(2)6-3-5-12-11(17)4-7-15-9-10(8-13-15)16(18)19/h8-9H,3-7H2,1-2H3,(H,12,17). The van der Waals surface area contributed by atoms with Crippen molar-refractivity contribution >= 4 is 11.6 Å². The molecule has 0 aliphatic carbocycles. The highest BCUT2D eigenvalue weighted by Crippen LogP contribution is 2.07. The van der Waals surface area contributed by atoms with Gasteiger partial charge in [-0.3, -0.25) is 19.6 Å². The molecule has 0 aliphatic rings. The van der Waals surface area contributed by atoms with E-state index in [1.807, 2.05) is 14.1 Å². The molecular weight excluding hydrogens is 250 g/mol. The van der Waals surface area contributed by atoms with Crippen LogP contribution in [0.3, 0.4) is 0 Å². The lowest BCUT2D eigenvalue weighted by Crippen LogP contribution is -2.27. The van der Waals surface area contributed by atoms with Gasteiger partial charge < -0.3 is 10.2 Å². The summed E-state index contributed by atoms with van der Waals surface area (Å²) in [5.41, 5.74) is -0.0635. The van der Waals surface area contributed by atoms with Crippen molar-refractivity contribution in [1.29, 1.82) is 0 Å². The molecule has 19 heavy (non-hydrogen) atoms. The summed E-state index contributed by atoms with van der Waals surface area (Å²) in [7, 11) is 3.96. The molecule has 0 spiro atoms. The van der Waals surface area contributed by atoms with Gasteiger partial charge in [-0.05, 0) is 27.1 Å². The van der Waals surface area contributed by atoms with Gasteiger partial charge in [-0.25, -0.2) is 0 Å². The van der Waals surface area contributed by atoms with E-state index in [4.69, 9.17) is 0 Å². The number of nitrogens with zero attached hydrogens (tertiary/aromatic N) is 4. The fraction of sp³-hybridized carbons (Fsp3) is 0.636. The van der Waals surface area contributed by atoms with Gasteiger partial charge in [0.05, 0.1) is 4.92 Å². The summed E-state index contributed by atoms with van der Waals surface area (Å²) in [4.78, 5) is 23.5. The van der Waals surface area contributed by atoms with Crippen molar-refractivity contribution in [3.05, 3.63) is 22.5 Å². The molecular formula is C11H19N5O3. The number of amides is 1. The Hall–Kier alpha value is -1.96. The number of carbonyl (C=O) groups excluding carboxylic acids is 1. The van der Waals surface area contributed by atoms with Crippen LogP contribution in [-0.2, 0) is 11.3 Å². The molecule has 0 radical (unpaired) electrons. The van der Waals surface area contributed by atoms with E-state index < -0.39 is 4.92 Å². The first kappa shape index (κ1) is 15.1. The molecule has 1 N–H and O–H groups in total. The summed E-state index contributed by atoms with van der Waals surface area (Å²) in [5.74, 6) is -0.0723. The second-order valence-electron chi connectivity index (χ2n) is 4.48. The molecule has 106 valence electrons. The van der Waals surface area contributed by atoms with Crippen molar-refractivity contribution in [2.24, 2.45) is 0 Å². The van der Waals surface area contributed by atoms with Crippen molar-refractivity contribution < 1.29 is 9.72 Å². The van der Waals surface area contributed by atoms with Gasteiger partial charge in [0.15, 0.2) is 0 Å². The molecule has 0 aromatic carbocycles. The van der Waals surface area contributed by atoms with Crippen LogP contribution in [0.15, 0.2) is 12.4 Å². The summed E-state index contributed by atoms with van der Waals surface area (Å²) in [5, 5.41) is 17.1. The Morgan fingerprint density at radius 1 is 1.58 bits per heavy atom. The van der Waals surface area contributed by atoms with E-state index in [-0.39, 0.29) is 18.0 Å². The van der Waals surface area contributed by atoms with Gasteiger partial charge in [-0.1, -0.05) is 0 Å². The van der Waals surface area contributed by atoms with Crippen LogP contribution in [0.4, 0.5) is 5.69 Å². The molecule has 0 aliphatic heterocycles. The van der Waals surface area contributed by atoms with Crippen molar-refractivity contribution in [3.8, 4) is 0 Å². The Labute approximate surface area is 111 Å². The van der Waals surface area contributed by atoms with E-state index in [1.54, 1.807) is 0 Å². The monoisotopic (exact) mass is 269 g/mol. The Morgan fingerprint density at radius 2 is 2.32 bits per heavy atom. The molecule has 1 rings (SSSR count). The quantitative estimate of drug-likeness (QED) is 0.415. The van der Waals surface area contributed by atoms with E-state index >= 15 is 0 Å². The predicted molar refractivity (Wildman–Crippen MR) is 69.7 cm³/mol.